The molecule has 0 fully saturated rings. The van der Waals surface area contributed by atoms with E-state index in [9.17, 15) is 9.59 Å². The molecule has 5 nitrogen and oxygen atoms in total. The van der Waals surface area contributed by atoms with Crippen LogP contribution in [0.1, 0.15) is 6.92 Å². The summed E-state index contributed by atoms with van der Waals surface area (Å²) in [5, 5.41) is 10.7. The zero-order valence-electron chi connectivity index (χ0n) is 6.96. The van der Waals surface area contributed by atoms with Gasteiger partial charge in [-0.1, -0.05) is 6.58 Å². The second-order valence-corrected chi connectivity index (χ2v) is 2.24. The van der Waals surface area contributed by atoms with Crippen LogP contribution in [0.25, 0.3) is 0 Å². The van der Waals surface area contributed by atoms with Crippen molar-refractivity contribution in [2.75, 3.05) is 7.11 Å². The lowest BCUT2D eigenvalue weighted by atomic mass is 10.2. The molecule has 0 bridgehead atoms. The Hall–Kier alpha value is -1.36. The first-order valence-electron chi connectivity index (χ1n) is 3.19. The van der Waals surface area contributed by atoms with E-state index in [2.05, 4.69) is 16.6 Å². The third kappa shape index (κ3) is 2.35. The Morgan fingerprint density at radius 3 is 2.42 bits per heavy atom. The molecule has 5 heteroatoms. The first kappa shape index (κ1) is 10.6. The van der Waals surface area contributed by atoms with Gasteiger partial charge >= 0.3 is 5.97 Å². The molecule has 68 valence electrons. The third-order valence-corrected chi connectivity index (χ3v) is 1.36. The minimum Gasteiger partial charge on any atom is -0.478 e. The van der Waals surface area contributed by atoms with Crippen molar-refractivity contribution in [1.82, 2.24) is 5.32 Å². The lowest BCUT2D eigenvalue weighted by Crippen LogP contribution is -2.53. The first-order chi connectivity index (χ1) is 5.46. The molecule has 0 spiro atoms. The first-order valence-corrected chi connectivity index (χ1v) is 3.19. The van der Waals surface area contributed by atoms with Crippen molar-refractivity contribution in [2.24, 2.45) is 0 Å². The number of carbonyl (C=O) groups is 2. The maximum absolute atomic E-state index is 10.7. The van der Waals surface area contributed by atoms with Gasteiger partial charge in [0, 0.05) is 7.11 Å². The van der Waals surface area contributed by atoms with Crippen LogP contribution in [0, 0.1) is 0 Å². The number of amides is 1. The maximum Gasteiger partial charge on any atom is 0.357 e. The molecule has 12 heavy (non-hydrogen) atoms. The minimum absolute atomic E-state index is 0.596. The molecule has 1 unspecified atom stereocenters. The number of nitrogens with one attached hydrogen (secondary N) is 1. The molecule has 0 aliphatic rings. The van der Waals surface area contributed by atoms with Crippen LogP contribution in [0.15, 0.2) is 12.7 Å². The fourth-order valence-corrected chi connectivity index (χ4v) is 0.478. The smallest absolute Gasteiger partial charge is 0.357 e. The molecule has 0 saturated carbocycles. The predicted molar refractivity (Wildman–Crippen MR) is 41.4 cm³/mol. The number of ether oxygens (including phenoxy) is 1. The lowest BCUT2D eigenvalue weighted by molar-refractivity contribution is -0.166. The number of aliphatic carboxylic acids is 1. The van der Waals surface area contributed by atoms with Gasteiger partial charge in [-0.3, -0.25) is 4.79 Å². The molecule has 0 aromatic rings. The molecule has 0 radical (unpaired) electrons. The Kier molecular flexibility index (Phi) is 3.43. The van der Waals surface area contributed by atoms with Crippen LogP contribution in [0.4, 0.5) is 0 Å². The van der Waals surface area contributed by atoms with Crippen LogP contribution in [0.5, 0.6) is 0 Å². The molecular weight excluding hydrogens is 162 g/mol. The van der Waals surface area contributed by atoms with E-state index in [1.54, 1.807) is 0 Å². The van der Waals surface area contributed by atoms with E-state index >= 15 is 0 Å². The van der Waals surface area contributed by atoms with Crippen molar-refractivity contribution in [1.29, 1.82) is 0 Å². The molecule has 0 aromatic heterocycles. The van der Waals surface area contributed by atoms with E-state index < -0.39 is 17.6 Å². The largest absolute Gasteiger partial charge is 0.478 e. The van der Waals surface area contributed by atoms with Gasteiger partial charge in [-0.25, -0.2) is 4.79 Å². The second kappa shape index (κ2) is 3.87. The summed E-state index contributed by atoms with van der Waals surface area (Å²) in [5.41, 5.74) is -1.69. The zero-order valence-corrected chi connectivity index (χ0v) is 6.96. The number of methoxy groups -OCH3 is 1. The van der Waals surface area contributed by atoms with Crippen molar-refractivity contribution in [3.63, 3.8) is 0 Å². The van der Waals surface area contributed by atoms with E-state index in [4.69, 9.17) is 5.11 Å². The lowest BCUT2D eigenvalue weighted by Gasteiger charge is -2.23. The van der Waals surface area contributed by atoms with E-state index in [1.165, 1.54) is 14.0 Å². The summed E-state index contributed by atoms with van der Waals surface area (Å²) in [6, 6.07) is 0. The average molecular weight is 173 g/mol. The van der Waals surface area contributed by atoms with Crippen molar-refractivity contribution in [2.45, 2.75) is 12.6 Å². The van der Waals surface area contributed by atoms with Gasteiger partial charge in [0.15, 0.2) is 0 Å². The number of hydrogen-bond acceptors (Lipinski definition) is 3. The number of rotatable bonds is 4. The maximum atomic E-state index is 10.7. The monoisotopic (exact) mass is 173 g/mol. The Morgan fingerprint density at radius 2 is 2.17 bits per heavy atom. The fraction of sp³-hybridized carbons (Fsp3) is 0.429. The highest BCUT2D eigenvalue weighted by molar-refractivity contribution is 5.91. The van der Waals surface area contributed by atoms with Gasteiger partial charge in [0.1, 0.15) is 0 Å². The predicted octanol–water partition coefficient (Wildman–Crippen LogP) is -0.264. The van der Waals surface area contributed by atoms with Gasteiger partial charge in [0.05, 0.1) is 0 Å². The van der Waals surface area contributed by atoms with Crippen LogP contribution in [0.2, 0.25) is 0 Å². The molecular formula is C7H11NO4. The Bertz CT molecular complexity index is 213. The van der Waals surface area contributed by atoms with Crippen molar-refractivity contribution < 1.29 is 19.4 Å². The van der Waals surface area contributed by atoms with Crippen LogP contribution in [0.3, 0.4) is 0 Å². The summed E-state index contributed by atoms with van der Waals surface area (Å²) in [7, 11) is 1.19. The summed E-state index contributed by atoms with van der Waals surface area (Å²) < 4.78 is 4.59. The van der Waals surface area contributed by atoms with Crippen molar-refractivity contribution in [3.8, 4) is 0 Å². The van der Waals surface area contributed by atoms with Gasteiger partial charge in [0.25, 0.3) is 0 Å². The Balaban J connectivity index is 4.44. The van der Waals surface area contributed by atoms with Crippen LogP contribution in [-0.2, 0) is 14.3 Å². The molecule has 0 rings (SSSR count). The van der Waals surface area contributed by atoms with E-state index in [0.29, 0.717) is 0 Å². The highest BCUT2D eigenvalue weighted by Gasteiger charge is 2.33. The average Bonchev–Trinajstić information content (AvgIpc) is 2.03. The van der Waals surface area contributed by atoms with Crippen LogP contribution in [-0.4, -0.2) is 29.8 Å². The number of carboxylic acid groups (broad SMARTS) is 1. The standard InChI is InChI=1S/C7H11NO4/c1-4-5(9)8-7(2,12-3)6(10)11/h4H,1H2,2-3H3,(H,8,9)(H,10,11). The number of hydrogen-bond donors (Lipinski definition) is 2. The third-order valence-electron chi connectivity index (χ3n) is 1.36. The zero-order chi connectivity index (χ0) is 9.78. The molecule has 0 aromatic carbocycles. The molecule has 0 heterocycles. The summed E-state index contributed by atoms with van der Waals surface area (Å²) >= 11 is 0. The quantitative estimate of drug-likeness (QED) is 0.453. The van der Waals surface area contributed by atoms with E-state index in [0.717, 1.165) is 6.08 Å². The van der Waals surface area contributed by atoms with Crippen molar-refractivity contribution >= 4 is 11.9 Å². The molecule has 2 N–H and O–H groups in total. The van der Waals surface area contributed by atoms with Crippen LogP contribution < -0.4 is 5.32 Å². The highest BCUT2D eigenvalue weighted by atomic mass is 16.5. The molecule has 0 aliphatic carbocycles. The molecule has 0 aliphatic heterocycles. The molecule has 1 amide bonds. The van der Waals surface area contributed by atoms with Crippen molar-refractivity contribution in [3.05, 3.63) is 12.7 Å². The summed E-state index contributed by atoms with van der Waals surface area (Å²) in [5.74, 6) is -1.86. The summed E-state index contributed by atoms with van der Waals surface area (Å²) in [6.45, 7) is 4.41. The van der Waals surface area contributed by atoms with Gasteiger partial charge in [-0.15, -0.1) is 0 Å². The van der Waals surface area contributed by atoms with Gasteiger partial charge in [-0.05, 0) is 13.0 Å². The number of carbonyl (C=O) groups excluding carboxylic acids is 1. The highest BCUT2D eigenvalue weighted by Crippen LogP contribution is 2.03. The fourth-order valence-electron chi connectivity index (χ4n) is 0.478. The number of carboxylic acids is 1. The van der Waals surface area contributed by atoms with Gasteiger partial charge < -0.3 is 15.2 Å². The Labute approximate surface area is 70.0 Å². The molecule has 0 saturated heterocycles. The van der Waals surface area contributed by atoms with Crippen LogP contribution >= 0.6 is 0 Å². The SMILES string of the molecule is C=CC(=O)NC(C)(OC)C(=O)O. The second-order valence-electron chi connectivity index (χ2n) is 2.24. The summed E-state index contributed by atoms with van der Waals surface area (Å²) in [6.07, 6.45) is 0.972. The molecule has 1 atom stereocenters. The van der Waals surface area contributed by atoms with E-state index in [1.807, 2.05) is 0 Å². The van der Waals surface area contributed by atoms with Gasteiger partial charge in [-0.2, -0.15) is 0 Å². The summed E-state index contributed by atoms with van der Waals surface area (Å²) in [4.78, 5) is 21.2. The Morgan fingerprint density at radius 1 is 1.67 bits per heavy atom. The van der Waals surface area contributed by atoms with E-state index in [-0.39, 0.29) is 0 Å². The normalized spacial score (nSPS) is 14.5. The van der Waals surface area contributed by atoms with Gasteiger partial charge in [0.2, 0.25) is 11.6 Å². The minimum atomic E-state index is -1.69. The topological polar surface area (TPSA) is 75.6 Å².